The highest BCUT2D eigenvalue weighted by atomic mass is 16.3. The molecule has 1 amide bonds. The molecule has 0 aliphatic rings. The summed E-state index contributed by atoms with van der Waals surface area (Å²) in [4.78, 5) is 15.3. The van der Waals surface area contributed by atoms with Gasteiger partial charge in [-0.2, -0.15) is 0 Å². The van der Waals surface area contributed by atoms with Crippen molar-refractivity contribution in [1.29, 1.82) is 0 Å². The van der Waals surface area contributed by atoms with Crippen molar-refractivity contribution in [2.24, 2.45) is 0 Å². The molecule has 0 atom stereocenters. The fourth-order valence-corrected chi connectivity index (χ4v) is 2.38. The van der Waals surface area contributed by atoms with E-state index in [2.05, 4.69) is 10.3 Å². The Hall–Kier alpha value is -2.49. The summed E-state index contributed by atoms with van der Waals surface area (Å²) in [6.45, 7) is 2.42. The van der Waals surface area contributed by atoms with Crippen LogP contribution in [0.15, 0.2) is 47.1 Å². The second-order valence-corrected chi connectivity index (χ2v) is 4.81. The number of nitrogens with one attached hydrogen (secondary N) is 2. The van der Waals surface area contributed by atoms with Gasteiger partial charge >= 0.3 is 0 Å². The molecule has 1 aromatic carbocycles. The molecule has 4 nitrogen and oxygen atoms in total. The van der Waals surface area contributed by atoms with Crippen molar-refractivity contribution < 1.29 is 9.21 Å². The van der Waals surface area contributed by atoms with Gasteiger partial charge in [0, 0.05) is 16.6 Å². The van der Waals surface area contributed by atoms with E-state index in [0.29, 0.717) is 13.0 Å². The third-order valence-electron chi connectivity index (χ3n) is 3.40. The van der Waals surface area contributed by atoms with Crippen molar-refractivity contribution in [1.82, 2.24) is 10.3 Å². The molecule has 0 aliphatic carbocycles. The number of furan rings is 1. The van der Waals surface area contributed by atoms with Crippen LogP contribution in [-0.4, -0.2) is 10.9 Å². The molecule has 2 heterocycles. The van der Waals surface area contributed by atoms with Crippen LogP contribution in [0, 0.1) is 6.92 Å². The Balaban J connectivity index is 1.72. The maximum Gasteiger partial charge on any atom is 0.224 e. The van der Waals surface area contributed by atoms with Crippen molar-refractivity contribution in [3.63, 3.8) is 0 Å². The van der Waals surface area contributed by atoms with Crippen LogP contribution in [-0.2, 0) is 17.8 Å². The molecule has 3 rings (SSSR count). The summed E-state index contributed by atoms with van der Waals surface area (Å²) in [6, 6.07) is 11.7. The van der Waals surface area contributed by atoms with Gasteiger partial charge in [-0.25, -0.2) is 0 Å². The molecule has 0 radical (unpaired) electrons. The largest absolute Gasteiger partial charge is 0.467 e. The monoisotopic (exact) mass is 268 g/mol. The SMILES string of the molecule is Cc1[nH]c2ccccc2c1CC(=O)NCc1ccco1. The number of H-pyrrole nitrogens is 1. The zero-order valence-electron chi connectivity index (χ0n) is 11.3. The summed E-state index contributed by atoms with van der Waals surface area (Å²) >= 11 is 0. The van der Waals surface area contributed by atoms with Gasteiger partial charge in [0.15, 0.2) is 0 Å². The van der Waals surface area contributed by atoms with Crippen molar-refractivity contribution in [3.05, 3.63) is 59.7 Å². The van der Waals surface area contributed by atoms with E-state index in [-0.39, 0.29) is 5.91 Å². The van der Waals surface area contributed by atoms with Crippen LogP contribution >= 0.6 is 0 Å². The number of aromatic amines is 1. The normalized spacial score (nSPS) is 10.8. The van der Waals surface area contributed by atoms with Gasteiger partial charge in [-0.3, -0.25) is 4.79 Å². The molecular formula is C16H16N2O2. The summed E-state index contributed by atoms with van der Waals surface area (Å²) in [7, 11) is 0. The Morgan fingerprint density at radius 1 is 1.25 bits per heavy atom. The molecule has 0 bridgehead atoms. The van der Waals surface area contributed by atoms with E-state index in [4.69, 9.17) is 4.42 Å². The summed E-state index contributed by atoms with van der Waals surface area (Å²) < 4.78 is 5.19. The van der Waals surface area contributed by atoms with Gasteiger partial charge in [0.05, 0.1) is 19.2 Å². The predicted octanol–water partition coefficient (Wildman–Crippen LogP) is 2.93. The first-order chi connectivity index (χ1) is 9.74. The first kappa shape index (κ1) is 12.5. The maximum atomic E-state index is 12.0. The van der Waals surface area contributed by atoms with Crippen molar-refractivity contribution in [2.45, 2.75) is 19.9 Å². The third-order valence-corrected chi connectivity index (χ3v) is 3.40. The molecule has 0 saturated heterocycles. The Morgan fingerprint density at radius 2 is 2.10 bits per heavy atom. The molecule has 2 N–H and O–H groups in total. The lowest BCUT2D eigenvalue weighted by molar-refractivity contribution is -0.120. The molecule has 102 valence electrons. The van der Waals surface area contributed by atoms with Gasteiger partial charge < -0.3 is 14.7 Å². The zero-order chi connectivity index (χ0) is 13.9. The van der Waals surface area contributed by atoms with E-state index in [1.54, 1.807) is 6.26 Å². The summed E-state index contributed by atoms with van der Waals surface area (Å²) in [6.07, 6.45) is 1.97. The summed E-state index contributed by atoms with van der Waals surface area (Å²) in [5.74, 6) is 0.753. The number of carbonyl (C=O) groups excluding carboxylic acids is 1. The second kappa shape index (κ2) is 5.25. The number of aromatic nitrogens is 1. The number of amides is 1. The molecule has 0 spiro atoms. The van der Waals surface area contributed by atoms with Crippen LogP contribution in [0.25, 0.3) is 10.9 Å². The van der Waals surface area contributed by atoms with E-state index in [9.17, 15) is 4.79 Å². The van der Waals surface area contributed by atoms with Crippen LogP contribution in [0.1, 0.15) is 17.0 Å². The summed E-state index contributed by atoms with van der Waals surface area (Å²) in [5.41, 5.74) is 3.16. The molecule has 2 aromatic heterocycles. The number of para-hydroxylation sites is 1. The molecule has 0 unspecified atom stereocenters. The second-order valence-electron chi connectivity index (χ2n) is 4.81. The molecule has 3 aromatic rings. The van der Waals surface area contributed by atoms with E-state index in [1.807, 2.05) is 43.3 Å². The maximum absolute atomic E-state index is 12.0. The first-order valence-electron chi connectivity index (χ1n) is 6.59. The Morgan fingerprint density at radius 3 is 2.90 bits per heavy atom. The van der Waals surface area contributed by atoms with Crippen molar-refractivity contribution in [2.75, 3.05) is 0 Å². The lowest BCUT2D eigenvalue weighted by atomic mass is 10.1. The minimum Gasteiger partial charge on any atom is -0.467 e. The quantitative estimate of drug-likeness (QED) is 0.764. The Labute approximate surface area is 116 Å². The Kier molecular flexibility index (Phi) is 3.29. The summed E-state index contributed by atoms with van der Waals surface area (Å²) in [5, 5.41) is 3.98. The molecule has 4 heteroatoms. The average molecular weight is 268 g/mol. The average Bonchev–Trinajstić information content (AvgIpc) is 3.06. The third kappa shape index (κ3) is 2.45. The lowest BCUT2D eigenvalue weighted by Crippen LogP contribution is -2.24. The molecule has 0 saturated carbocycles. The van der Waals surface area contributed by atoms with Gasteiger partial charge in [0.25, 0.3) is 0 Å². The number of aryl methyl sites for hydroxylation is 1. The first-order valence-corrected chi connectivity index (χ1v) is 6.59. The van der Waals surface area contributed by atoms with Gasteiger partial charge in [0.1, 0.15) is 5.76 Å². The predicted molar refractivity (Wildman–Crippen MR) is 77.3 cm³/mol. The number of carbonyl (C=O) groups is 1. The van der Waals surface area contributed by atoms with Crippen LogP contribution in [0.2, 0.25) is 0 Å². The van der Waals surface area contributed by atoms with Crippen LogP contribution < -0.4 is 5.32 Å². The number of fused-ring (bicyclic) bond motifs is 1. The topological polar surface area (TPSA) is 58.0 Å². The minimum atomic E-state index is -0.00532. The fraction of sp³-hybridized carbons (Fsp3) is 0.188. The lowest BCUT2D eigenvalue weighted by Gasteiger charge is -2.04. The molecular weight excluding hydrogens is 252 g/mol. The van der Waals surface area contributed by atoms with Crippen molar-refractivity contribution in [3.8, 4) is 0 Å². The van der Waals surface area contributed by atoms with E-state index < -0.39 is 0 Å². The number of hydrogen-bond acceptors (Lipinski definition) is 2. The van der Waals surface area contributed by atoms with Gasteiger partial charge in [-0.05, 0) is 30.7 Å². The highest BCUT2D eigenvalue weighted by molar-refractivity contribution is 5.90. The van der Waals surface area contributed by atoms with Gasteiger partial charge in [-0.1, -0.05) is 18.2 Å². The van der Waals surface area contributed by atoms with E-state index >= 15 is 0 Å². The van der Waals surface area contributed by atoms with Gasteiger partial charge in [-0.15, -0.1) is 0 Å². The number of benzene rings is 1. The Bertz CT molecular complexity index is 726. The highest BCUT2D eigenvalue weighted by Crippen LogP contribution is 2.22. The van der Waals surface area contributed by atoms with Crippen molar-refractivity contribution >= 4 is 16.8 Å². The molecule has 0 aliphatic heterocycles. The number of rotatable bonds is 4. The van der Waals surface area contributed by atoms with E-state index in [1.165, 1.54) is 0 Å². The van der Waals surface area contributed by atoms with Crippen LogP contribution in [0.3, 0.4) is 0 Å². The minimum absolute atomic E-state index is 0.00532. The standard InChI is InChI=1S/C16H16N2O2/c1-11-14(13-6-2-3-7-15(13)18-11)9-16(19)17-10-12-5-4-8-20-12/h2-8,18H,9-10H2,1H3,(H,17,19). The van der Waals surface area contributed by atoms with E-state index in [0.717, 1.165) is 27.9 Å². The van der Waals surface area contributed by atoms with Crippen LogP contribution in [0.4, 0.5) is 0 Å². The highest BCUT2D eigenvalue weighted by Gasteiger charge is 2.12. The zero-order valence-corrected chi connectivity index (χ0v) is 11.3. The molecule has 0 fully saturated rings. The molecule has 20 heavy (non-hydrogen) atoms. The number of hydrogen-bond donors (Lipinski definition) is 2. The van der Waals surface area contributed by atoms with Gasteiger partial charge in [0.2, 0.25) is 5.91 Å². The smallest absolute Gasteiger partial charge is 0.224 e. The van der Waals surface area contributed by atoms with Crippen LogP contribution in [0.5, 0.6) is 0 Å². The fourth-order valence-electron chi connectivity index (χ4n) is 2.38.